The molecule has 3 unspecified atom stereocenters. The fraction of sp³-hybridized carbons (Fsp3) is 0.933. The highest BCUT2D eigenvalue weighted by atomic mass is 16.7. The Morgan fingerprint density at radius 2 is 1.75 bits per heavy atom. The molecular formula is C15H29NO4. The normalized spacial score (nSPS) is 30.9. The van der Waals surface area contributed by atoms with Crippen LogP contribution in [0.4, 0.5) is 0 Å². The van der Waals surface area contributed by atoms with Crippen LogP contribution in [0.2, 0.25) is 0 Å². The molecule has 5 nitrogen and oxygen atoms in total. The second-order valence-corrected chi connectivity index (χ2v) is 5.62. The average Bonchev–Trinajstić information content (AvgIpc) is 2.86. The first-order valence-electron chi connectivity index (χ1n) is 7.43. The maximum absolute atomic E-state index is 10.4. The molecule has 2 fully saturated rings. The molecule has 0 radical (unpaired) electrons. The van der Waals surface area contributed by atoms with Gasteiger partial charge in [0, 0.05) is 46.8 Å². The van der Waals surface area contributed by atoms with Crippen LogP contribution in [-0.2, 0) is 19.0 Å². The van der Waals surface area contributed by atoms with Crippen molar-refractivity contribution >= 4 is 6.41 Å². The number of hydrogen-bond acceptors (Lipinski definition) is 4. The van der Waals surface area contributed by atoms with Gasteiger partial charge in [-0.25, -0.2) is 0 Å². The van der Waals surface area contributed by atoms with Gasteiger partial charge in [-0.2, -0.15) is 0 Å². The van der Waals surface area contributed by atoms with E-state index < -0.39 is 0 Å². The summed E-state index contributed by atoms with van der Waals surface area (Å²) in [5, 5.41) is 2.90. The first-order valence-corrected chi connectivity index (χ1v) is 7.43. The second kappa shape index (κ2) is 8.60. The third-order valence-corrected chi connectivity index (χ3v) is 4.62. The number of nitrogens with one attached hydrogen (secondary N) is 1. The highest BCUT2D eigenvalue weighted by Crippen LogP contribution is 2.48. The molecule has 5 heteroatoms. The number of ether oxygens (including phenoxy) is 3. The van der Waals surface area contributed by atoms with Crippen molar-refractivity contribution in [3.05, 3.63) is 0 Å². The van der Waals surface area contributed by atoms with E-state index in [1.165, 1.54) is 6.42 Å². The van der Waals surface area contributed by atoms with Crippen molar-refractivity contribution in [2.24, 2.45) is 11.8 Å². The molecule has 0 heterocycles. The van der Waals surface area contributed by atoms with Crippen LogP contribution in [-0.4, -0.2) is 46.2 Å². The van der Waals surface area contributed by atoms with Crippen LogP contribution in [0.25, 0.3) is 0 Å². The quantitative estimate of drug-likeness (QED) is 0.620. The molecule has 3 atom stereocenters. The predicted molar refractivity (Wildman–Crippen MR) is 77.4 cm³/mol. The Bertz CT molecular complexity index is 279. The largest absolute Gasteiger partial charge is 0.385 e. The number of fused-ring (bicyclic) bond motifs is 1. The number of rotatable bonds is 5. The summed E-state index contributed by atoms with van der Waals surface area (Å²) in [5.41, 5.74) is 0. The standard InChI is InChI=1S/C12H21NO3.C3H8O/c1-15-12(16-2)6-9-3-4-11(13-8-14)5-10(9)7-12;1-3-4-2/h8-11H,3-7H2,1-2H3,(H,13,14);3H2,1-2H3. The monoisotopic (exact) mass is 287 g/mol. The summed E-state index contributed by atoms with van der Waals surface area (Å²) in [5.74, 6) is 0.960. The van der Waals surface area contributed by atoms with Crippen molar-refractivity contribution in [1.29, 1.82) is 0 Å². The fourth-order valence-corrected chi connectivity index (χ4v) is 3.39. The summed E-state index contributed by atoms with van der Waals surface area (Å²) in [6, 6.07) is 0.350. The minimum Gasteiger partial charge on any atom is -0.385 e. The number of carbonyl (C=O) groups excluding carboxylic acids is 1. The van der Waals surface area contributed by atoms with E-state index >= 15 is 0 Å². The zero-order chi connectivity index (χ0) is 15.0. The molecule has 0 aromatic heterocycles. The van der Waals surface area contributed by atoms with Gasteiger partial charge in [0.05, 0.1) is 0 Å². The van der Waals surface area contributed by atoms with Crippen molar-refractivity contribution in [1.82, 2.24) is 5.32 Å². The van der Waals surface area contributed by atoms with Crippen molar-refractivity contribution in [3.8, 4) is 0 Å². The van der Waals surface area contributed by atoms with Gasteiger partial charge in [0.25, 0.3) is 0 Å². The van der Waals surface area contributed by atoms with Crippen LogP contribution >= 0.6 is 0 Å². The lowest BCUT2D eigenvalue weighted by Crippen LogP contribution is -2.35. The van der Waals surface area contributed by atoms with Crippen LogP contribution in [0.5, 0.6) is 0 Å². The molecule has 20 heavy (non-hydrogen) atoms. The fourth-order valence-electron chi connectivity index (χ4n) is 3.39. The molecule has 118 valence electrons. The average molecular weight is 287 g/mol. The molecule has 1 amide bonds. The Morgan fingerprint density at radius 3 is 2.25 bits per heavy atom. The Labute approximate surface area is 122 Å². The maximum Gasteiger partial charge on any atom is 0.207 e. The van der Waals surface area contributed by atoms with Crippen LogP contribution < -0.4 is 5.32 Å². The van der Waals surface area contributed by atoms with Gasteiger partial charge in [-0.1, -0.05) is 0 Å². The van der Waals surface area contributed by atoms with E-state index in [9.17, 15) is 4.79 Å². The van der Waals surface area contributed by atoms with Crippen molar-refractivity contribution < 1.29 is 19.0 Å². The van der Waals surface area contributed by atoms with Crippen molar-refractivity contribution in [2.45, 2.75) is 50.9 Å². The zero-order valence-electron chi connectivity index (χ0n) is 13.2. The van der Waals surface area contributed by atoms with Crippen LogP contribution in [0.3, 0.4) is 0 Å². The van der Waals surface area contributed by atoms with Gasteiger partial charge in [-0.05, 0) is 38.0 Å². The summed E-state index contributed by atoms with van der Waals surface area (Å²) in [6.45, 7) is 2.78. The van der Waals surface area contributed by atoms with Gasteiger partial charge in [-0.3, -0.25) is 4.79 Å². The Morgan fingerprint density at radius 1 is 1.15 bits per heavy atom. The Balaban J connectivity index is 0.000000444. The minimum absolute atomic E-state index is 0.350. The molecule has 2 aliphatic rings. The van der Waals surface area contributed by atoms with Gasteiger partial charge >= 0.3 is 0 Å². The number of amides is 1. The van der Waals surface area contributed by atoms with Crippen LogP contribution in [0.1, 0.15) is 39.0 Å². The predicted octanol–water partition coefficient (Wildman–Crippen LogP) is 1.95. The smallest absolute Gasteiger partial charge is 0.207 e. The van der Waals surface area contributed by atoms with E-state index in [0.29, 0.717) is 17.9 Å². The molecule has 2 saturated carbocycles. The van der Waals surface area contributed by atoms with Gasteiger partial charge < -0.3 is 19.5 Å². The maximum atomic E-state index is 10.4. The molecule has 0 aliphatic heterocycles. The summed E-state index contributed by atoms with van der Waals surface area (Å²) >= 11 is 0. The van der Waals surface area contributed by atoms with Crippen LogP contribution in [0.15, 0.2) is 0 Å². The van der Waals surface area contributed by atoms with E-state index in [1.807, 2.05) is 6.92 Å². The van der Waals surface area contributed by atoms with Gasteiger partial charge in [0.1, 0.15) is 0 Å². The van der Waals surface area contributed by atoms with Gasteiger partial charge in [0.2, 0.25) is 6.41 Å². The number of methoxy groups -OCH3 is 3. The molecule has 2 rings (SSSR count). The van der Waals surface area contributed by atoms with Crippen molar-refractivity contribution in [2.75, 3.05) is 27.9 Å². The van der Waals surface area contributed by atoms with Gasteiger partial charge in [-0.15, -0.1) is 0 Å². The first kappa shape index (κ1) is 17.4. The molecule has 2 aliphatic carbocycles. The first-order chi connectivity index (χ1) is 9.64. The van der Waals surface area contributed by atoms with Crippen LogP contribution in [0, 0.1) is 11.8 Å². The zero-order valence-corrected chi connectivity index (χ0v) is 13.2. The number of hydrogen-bond donors (Lipinski definition) is 1. The van der Waals surface area contributed by atoms with E-state index in [0.717, 1.165) is 38.7 Å². The SMILES string of the molecule is CCOC.COC1(OC)CC2CCC(NC=O)CC2C1. The van der Waals surface area contributed by atoms with E-state index in [1.54, 1.807) is 21.3 Å². The molecule has 0 bridgehead atoms. The second-order valence-electron chi connectivity index (χ2n) is 5.62. The lowest BCUT2D eigenvalue weighted by molar-refractivity contribution is -0.203. The molecule has 1 N–H and O–H groups in total. The summed E-state index contributed by atoms with van der Waals surface area (Å²) < 4.78 is 15.6. The Kier molecular flexibility index (Phi) is 7.48. The van der Waals surface area contributed by atoms with Crippen molar-refractivity contribution in [3.63, 3.8) is 0 Å². The molecule has 0 saturated heterocycles. The molecule has 0 aromatic rings. The highest BCUT2D eigenvalue weighted by Gasteiger charge is 2.47. The summed E-state index contributed by atoms with van der Waals surface area (Å²) in [7, 11) is 5.13. The third-order valence-electron chi connectivity index (χ3n) is 4.62. The number of carbonyl (C=O) groups is 1. The lowest BCUT2D eigenvalue weighted by Gasteiger charge is -2.30. The topological polar surface area (TPSA) is 56.8 Å². The van der Waals surface area contributed by atoms with E-state index in [4.69, 9.17) is 9.47 Å². The molecule has 0 spiro atoms. The summed E-state index contributed by atoms with van der Waals surface area (Å²) in [6.07, 6.45) is 6.10. The lowest BCUT2D eigenvalue weighted by atomic mass is 9.79. The molecule has 0 aromatic carbocycles. The third kappa shape index (κ3) is 4.43. The van der Waals surface area contributed by atoms with E-state index in [-0.39, 0.29) is 5.79 Å². The van der Waals surface area contributed by atoms with E-state index in [2.05, 4.69) is 10.1 Å². The highest BCUT2D eigenvalue weighted by molar-refractivity contribution is 5.46. The summed E-state index contributed by atoms with van der Waals surface area (Å²) in [4.78, 5) is 10.4. The Hall–Kier alpha value is -0.650. The molecular weight excluding hydrogens is 258 g/mol. The minimum atomic E-state index is -0.370. The van der Waals surface area contributed by atoms with Gasteiger partial charge in [0.15, 0.2) is 5.79 Å².